The molecule has 23 heavy (non-hydrogen) atoms. The van der Waals surface area contributed by atoms with E-state index < -0.39 is 7.37 Å². The van der Waals surface area contributed by atoms with Crippen LogP contribution in [0.1, 0.15) is 37.0 Å². The van der Waals surface area contributed by atoms with E-state index in [4.69, 9.17) is 14.0 Å². The van der Waals surface area contributed by atoms with Crippen LogP contribution in [0.15, 0.2) is 30.3 Å². The molecule has 1 unspecified atom stereocenters. The Kier molecular flexibility index (Phi) is 6.54. The topological polar surface area (TPSA) is 61.8 Å². The van der Waals surface area contributed by atoms with Crippen molar-refractivity contribution in [2.24, 2.45) is 0 Å². The zero-order valence-corrected chi connectivity index (χ0v) is 14.8. The summed E-state index contributed by atoms with van der Waals surface area (Å²) in [6, 6.07) is 9.20. The number of hydrogen-bond acceptors (Lipinski definition) is 5. The van der Waals surface area contributed by atoms with Gasteiger partial charge in [0.2, 0.25) is 7.37 Å². The van der Waals surface area contributed by atoms with Crippen molar-refractivity contribution in [2.45, 2.75) is 45.0 Å². The van der Waals surface area contributed by atoms with Gasteiger partial charge in [0, 0.05) is 25.1 Å². The molecule has 0 aromatic heterocycles. The van der Waals surface area contributed by atoms with Gasteiger partial charge in [0.25, 0.3) is 0 Å². The lowest BCUT2D eigenvalue weighted by atomic mass is 10.0. The summed E-state index contributed by atoms with van der Waals surface area (Å²) < 4.78 is 28.9. The lowest BCUT2D eigenvalue weighted by molar-refractivity contribution is 0.0509. The third kappa shape index (κ3) is 6.19. The van der Waals surface area contributed by atoms with E-state index >= 15 is 0 Å². The van der Waals surface area contributed by atoms with Crippen molar-refractivity contribution < 1.29 is 23.4 Å². The van der Waals surface area contributed by atoms with Crippen molar-refractivity contribution in [1.82, 2.24) is 0 Å². The van der Waals surface area contributed by atoms with Crippen LogP contribution in [-0.2, 0) is 18.6 Å². The lowest BCUT2D eigenvalue weighted by Crippen LogP contribution is -2.16. The highest BCUT2D eigenvalue weighted by molar-refractivity contribution is 7.57. The SMILES string of the molecule is CC(C)OP(C)(=O)CO[C@H]1CO[C@@H](CC(=O)c2ccccc2)C1. The van der Waals surface area contributed by atoms with E-state index in [0.29, 0.717) is 25.0 Å². The van der Waals surface area contributed by atoms with Crippen molar-refractivity contribution in [1.29, 1.82) is 0 Å². The summed E-state index contributed by atoms with van der Waals surface area (Å²) in [6.07, 6.45) is 0.697. The first-order valence-electron chi connectivity index (χ1n) is 7.92. The Morgan fingerprint density at radius 2 is 2.04 bits per heavy atom. The van der Waals surface area contributed by atoms with Gasteiger partial charge >= 0.3 is 0 Å². The zero-order valence-electron chi connectivity index (χ0n) is 13.9. The molecule has 0 bridgehead atoms. The van der Waals surface area contributed by atoms with Gasteiger partial charge in [-0.25, -0.2) is 0 Å². The number of Topliss-reactive ketones (excluding diaryl/α,β-unsaturated/α-hetero) is 1. The fraction of sp³-hybridized carbons (Fsp3) is 0.588. The average molecular weight is 340 g/mol. The van der Waals surface area contributed by atoms with Crippen molar-refractivity contribution in [3.8, 4) is 0 Å². The molecule has 0 N–H and O–H groups in total. The van der Waals surface area contributed by atoms with Gasteiger partial charge in [0.1, 0.15) is 6.35 Å². The molecule has 1 heterocycles. The molecule has 1 aliphatic heterocycles. The van der Waals surface area contributed by atoms with Gasteiger partial charge in [-0.3, -0.25) is 9.36 Å². The van der Waals surface area contributed by atoms with Crippen molar-refractivity contribution in [3.63, 3.8) is 0 Å². The Labute approximate surface area is 137 Å². The predicted octanol–water partition coefficient (Wildman–Crippen LogP) is 3.72. The van der Waals surface area contributed by atoms with E-state index in [1.165, 1.54) is 0 Å². The number of ketones is 1. The standard InChI is InChI=1S/C17H25O5P/c1-13(2)22-23(3,19)12-21-16-9-15(20-11-16)10-17(18)14-7-5-4-6-8-14/h4-8,13,15-16H,9-12H2,1-3H3/t15-,16-,23?/m1/s1. The van der Waals surface area contributed by atoms with E-state index in [2.05, 4.69) is 0 Å². The van der Waals surface area contributed by atoms with Gasteiger partial charge in [-0.1, -0.05) is 30.3 Å². The molecule has 0 spiro atoms. The minimum Gasteiger partial charge on any atom is -0.375 e. The molecule has 5 nitrogen and oxygen atoms in total. The maximum atomic E-state index is 12.2. The van der Waals surface area contributed by atoms with Gasteiger partial charge in [0.05, 0.1) is 24.9 Å². The Bertz CT molecular complexity index is 557. The van der Waals surface area contributed by atoms with E-state index in [0.717, 1.165) is 0 Å². The molecule has 1 fully saturated rings. The molecule has 1 aromatic rings. The molecule has 6 heteroatoms. The molecule has 128 valence electrons. The number of carbonyl (C=O) groups excluding carboxylic acids is 1. The summed E-state index contributed by atoms with van der Waals surface area (Å²) in [5.74, 6) is 0.0700. The highest BCUT2D eigenvalue weighted by Crippen LogP contribution is 2.44. The molecule has 0 amide bonds. The van der Waals surface area contributed by atoms with Gasteiger partial charge in [-0.2, -0.15) is 0 Å². The van der Waals surface area contributed by atoms with Crippen LogP contribution in [0.3, 0.4) is 0 Å². The van der Waals surface area contributed by atoms with E-state index in [1.54, 1.807) is 6.66 Å². The lowest BCUT2D eigenvalue weighted by Gasteiger charge is -2.18. The highest BCUT2D eigenvalue weighted by atomic mass is 31.2. The second-order valence-electron chi connectivity index (χ2n) is 6.27. The number of carbonyl (C=O) groups is 1. The number of rotatable bonds is 8. The van der Waals surface area contributed by atoms with Gasteiger partial charge in [-0.05, 0) is 13.8 Å². The van der Waals surface area contributed by atoms with Crippen LogP contribution in [-0.4, -0.2) is 43.7 Å². The van der Waals surface area contributed by atoms with Crippen molar-refractivity contribution in [2.75, 3.05) is 19.6 Å². The Morgan fingerprint density at radius 3 is 2.70 bits per heavy atom. The first-order valence-corrected chi connectivity index (χ1v) is 10.2. The van der Waals surface area contributed by atoms with Crippen LogP contribution >= 0.6 is 7.37 Å². The van der Waals surface area contributed by atoms with E-state index in [9.17, 15) is 9.36 Å². The van der Waals surface area contributed by atoms with E-state index in [1.807, 2.05) is 44.2 Å². The second-order valence-corrected chi connectivity index (χ2v) is 8.77. The number of ether oxygens (including phenoxy) is 2. The zero-order chi connectivity index (χ0) is 16.9. The Morgan fingerprint density at radius 1 is 1.35 bits per heavy atom. The summed E-state index contributed by atoms with van der Waals surface area (Å²) in [4.78, 5) is 12.2. The van der Waals surface area contributed by atoms with Crippen LogP contribution in [0.4, 0.5) is 0 Å². The molecule has 0 aliphatic carbocycles. The number of benzene rings is 1. The maximum Gasteiger partial charge on any atom is 0.225 e. The van der Waals surface area contributed by atoms with Gasteiger partial charge in [-0.15, -0.1) is 0 Å². The van der Waals surface area contributed by atoms with Gasteiger partial charge < -0.3 is 14.0 Å². The molecule has 3 atom stereocenters. The first kappa shape index (κ1) is 18.3. The summed E-state index contributed by atoms with van der Waals surface area (Å²) >= 11 is 0. The molecule has 2 rings (SSSR count). The Hall–Kier alpha value is -1.00. The second kappa shape index (κ2) is 8.20. The van der Waals surface area contributed by atoms with Crippen LogP contribution in [0, 0.1) is 0 Å². The summed E-state index contributed by atoms with van der Waals surface area (Å²) in [5.41, 5.74) is 0.698. The minimum absolute atomic E-state index is 0.0700. The average Bonchev–Trinajstić information content (AvgIpc) is 2.92. The molecular weight excluding hydrogens is 315 g/mol. The molecule has 0 radical (unpaired) electrons. The quantitative estimate of drug-likeness (QED) is 0.533. The smallest absolute Gasteiger partial charge is 0.225 e. The van der Waals surface area contributed by atoms with E-state index in [-0.39, 0.29) is 30.4 Å². The molecular formula is C17H25O5P. The highest BCUT2D eigenvalue weighted by Gasteiger charge is 2.30. The van der Waals surface area contributed by atoms with Crippen LogP contribution < -0.4 is 0 Å². The van der Waals surface area contributed by atoms with Crippen molar-refractivity contribution in [3.05, 3.63) is 35.9 Å². The van der Waals surface area contributed by atoms with Crippen molar-refractivity contribution >= 4 is 13.2 Å². The third-order valence-electron chi connectivity index (χ3n) is 3.53. The van der Waals surface area contributed by atoms with Crippen LogP contribution in [0.2, 0.25) is 0 Å². The fourth-order valence-corrected chi connectivity index (χ4v) is 4.03. The largest absolute Gasteiger partial charge is 0.375 e. The third-order valence-corrected chi connectivity index (χ3v) is 5.02. The Balaban J connectivity index is 1.76. The molecule has 0 saturated carbocycles. The fourth-order valence-electron chi connectivity index (χ4n) is 2.60. The van der Waals surface area contributed by atoms with Crippen LogP contribution in [0.5, 0.6) is 0 Å². The maximum absolute atomic E-state index is 12.2. The minimum atomic E-state index is -2.74. The van der Waals surface area contributed by atoms with Gasteiger partial charge in [0.15, 0.2) is 5.78 Å². The summed E-state index contributed by atoms with van der Waals surface area (Å²) in [5, 5.41) is 0. The molecule has 1 aliphatic rings. The van der Waals surface area contributed by atoms with Crippen LogP contribution in [0.25, 0.3) is 0 Å². The first-order chi connectivity index (χ1) is 10.9. The predicted molar refractivity (Wildman–Crippen MR) is 89.2 cm³/mol. The molecule has 1 saturated heterocycles. The normalized spacial score (nSPS) is 23.8. The monoisotopic (exact) mass is 340 g/mol. The summed E-state index contributed by atoms with van der Waals surface area (Å²) in [6.45, 7) is 5.70. The number of hydrogen-bond donors (Lipinski definition) is 0. The molecule has 1 aromatic carbocycles. The summed E-state index contributed by atoms with van der Waals surface area (Å²) in [7, 11) is -2.74.